The summed E-state index contributed by atoms with van der Waals surface area (Å²) in [5, 5.41) is 9.02. The third-order valence-electron chi connectivity index (χ3n) is 4.11. The summed E-state index contributed by atoms with van der Waals surface area (Å²) in [4.78, 5) is 23.8. The molecule has 3 amide bonds. The minimum atomic E-state index is -0.336. The van der Waals surface area contributed by atoms with Crippen LogP contribution in [0, 0.1) is 0 Å². The van der Waals surface area contributed by atoms with Crippen molar-refractivity contribution in [3.63, 3.8) is 0 Å². The van der Waals surface area contributed by atoms with E-state index in [2.05, 4.69) is 16.0 Å². The van der Waals surface area contributed by atoms with Gasteiger partial charge in [-0.3, -0.25) is 4.79 Å². The third-order valence-corrected chi connectivity index (χ3v) is 4.35. The van der Waals surface area contributed by atoms with Crippen LogP contribution in [0.5, 0.6) is 0 Å². The first-order chi connectivity index (χ1) is 11.5. The maximum Gasteiger partial charge on any atom is 0.319 e. The highest BCUT2D eigenvalue weighted by molar-refractivity contribution is 6.30. The molecule has 0 spiro atoms. The van der Waals surface area contributed by atoms with E-state index in [4.69, 9.17) is 11.6 Å². The van der Waals surface area contributed by atoms with Crippen LogP contribution >= 0.6 is 11.6 Å². The van der Waals surface area contributed by atoms with Gasteiger partial charge >= 0.3 is 6.03 Å². The summed E-state index contributed by atoms with van der Waals surface area (Å²) in [7, 11) is 1.58. The maximum atomic E-state index is 12.3. The lowest BCUT2D eigenvalue weighted by atomic mass is 10.1. The van der Waals surface area contributed by atoms with Gasteiger partial charge in [0, 0.05) is 23.3 Å². The fourth-order valence-electron chi connectivity index (χ4n) is 2.63. The molecule has 0 unspecified atom stereocenters. The summed E-state index contributed by atoms with van der Waals surface area (Å²) in [6, 6.07) is 14.0. The van der Waals surface area contributed by atoms with E-state index in [1.165, 1.54) is 0 Å². The van der Waals surface area contributed by atoms with Gasteiger partial charge in [-0.05, 0) is 54.8 Å². The number of carbonyl (C=O) groups excluding carboxylic acids is 2. The molecular weight excluding hydrogens is 326 g/mol. The van der Waals surface area contributed by atoms with Crippen molar-refractivity contribution in [3.05, 3.63) is 64.7 Å². The molecule has 0 aromatic heterocycles. The van der Waals surface area contributed by atoms with Crippen LogP contribution < -0.4 is 16.0 Å². The van der Waals surface area contributed by atoms with Gasteiger partial charge in [0.05, 0.1) is 5.54 Å². The lowest BCUT2D eigenvalue weighted by molar-refractivity contribution is 0.0963. The lowest BCUT2D eigenvalue weighted by Crippen LogP contribution is -2.38. The normalized spacial score (nSPS) is 14.6. The van der Waals surface area contributed by atoms with Crippen LogP contribution in [0.2, 0.25) is 5.02 Å². The Morgan fingerprint density at radius 2 is 1.79 bits per heavy atom. The molecule has 3 N–H and O–H groups in total. The first kappa shape index (κ1) is 16.3. The Morgan fingerprint density at radius 3 is 2.38 bits per heavy atom. The van der Waals surface area contributed by atoms with Gasteiger partial charge in [-0.15, -0.1) is 0 Å². The van der Waals surface area contributed by atoms with E-state index >= 15 is 0 Å². The zero-order valence-electron chi connectivity index (χ0n) is 13.2. The van der Waals surface area contributed by atoms with Crippen LogP contribution in [-0.2, 0) is 5.54 Å². The number of amides is 3. The highest BCUT2D eigenvalue weighted by Gasteiger charge is 2.45. The first-order valence-corrected chi connectivity index (χ1v) is 8.08. The molecule has 0 saturated heterocycles. The Labute approximate surface area is 145 Å². The number of nitrogens with one attached hydrogen (secondary N) is 3. The average Bonchev–Trinajstić information content (AvgIpc) is 3.35. The lowest BCUT2D eigenvalue weighted by Gasteiger charge is -2.18. The van der Waals surface area contributed by atoms with Crippen molar-refractivity contribution in [2.75, 3.05) is 12.4 Å². The van der Waals surface area contributed by atoms with Crippen LogP contribution in [0.1, 0.15) is 28.8 Å². The van der Waals surface area contributed by atoms with Gasteiger partial charge in [0.1, 0.15) is 0 Å². The fraction of sp³-hybridized carbons (Fsp3) is 0.222. The largest absolute Gasteiger partial charge is 0.355 e. The van der Waals surface area contributed by atoms with Crippen molar-refractivity contribution >= 4 is 29.2 Å². The summed E-state index contributed by atoms with van der Waals surface area (Å²) in [6.07, 6.45) is 1.77. The van der Waals surface area contributed by atoms with Crippen molar-refractivity contribution in [2.45, 2.75) is 18.4 Å². The zero-order chi connectivity index (χ0) is 17.2. The Kier molecular flexibility index (Phi) is 4.44. The molecule has 0 atom stereocenters. The monoisotopic (exact) mass is 343 g/mol. The smallest absolute Gasteiger partial charge is 0.319 e. The molecule has 6 heteroatoms. The topological polar surface area (TPSA) is 70.2 Å². The van der Waals surface area contributed by atoms with Crippen molar-refractivity contribution in [2.24, 2.45) is 0 Å². The molecule has 1 aliphatic rings. The maximum absolute atomic E-state index is 12.3. The second-order valence-electron chi connectivity index (χ2n) is 5.83. The van der Waals surface area contributed by atoms with Gasteiger partial charge in [0.15, 0.2) is 0 Å². The molecule has 1 aliphatic carbocycles. The molecule has 2 aromatic carbocycles. The average molecular weight is 344 g/mol. The van der Waals surface area contributed by atoms with Gasteiger partial charge in [0.25, 0.3) is 5.91 Å². The second-order valence-corrected chi connectivity index (χ2v) is 6.26. The number of urea groups is 1. The zero-order valence-corrected chi connectivity index (χ0v) is 14.0. The number of hydrogen-bond donors (Lipinski definition) is 3. The number of carbonyl (C=O) groups is 2. The minimum Gasteiger partial charge on any atom is -0.355 e. The van der Waals surface area contributed by atoms with Crippen molar-refractivity contribution in [3.8, 4) is 0 Å². The summed E-state index contributed by atoms with van der Waals surface area (Å²) in [5.41, 5.74) is 1.85. The van der Waals surface area contributed by atoms with Gasteiger partial charge in [-0.1, -0.05) is 23.7 Å². The second kappa shape index (κ2) is 6.53. The molecular formula is C18H18ClN3O2. The molecule has 3 rings (SSSR count). The van der Waals surface area contributed by atoms with Gasteiger partial charge in [0.2, 0.25) is 0 Å². The summed E-state index contributed by atoms with van der Waals surface area (Å²) in [5.74, 6) is -0.163. The molecule has 124 valence electrons. The van der Waals surface area contributed by atoms with Gasteiger partial charge in [-0.2, -0.15) is 0 Å². The van der Waals surface area contributed by atoms with E-state index in [9.17, 15) is 9.59 Å². The SMILES string of the molecule is CNC(=O)c1ccc(NC(=O)NC2(c3cccc(Cl)c3)CC2)cc1. The van der Waals surface area contributed by atoms with Gasteiger partial charge < -0.3 is 16.0 Å². The van der Waals surface area contributed by atoms with Crippen LogP contribution in [0.4, 0.5) is 10.5 Å². The molecule has 0 bridgehead atoms. The Balaban J connectivity index is 1.64. The number of rotatable bonds is 4. The van der Waals surface area contributed by atoms with E-state index in [1.807, 2.05) is 24.3 Å². The predicted molar refractivity (Wildman–Crippen MR) is 94.4 cm³/mol. The Hall–Kier alpha value is -2.53. The first-order valence-electron chi connectivity index (χ1n) is 7.70. The molecule has 1 fully saturated rings. The summed E-state index contributed by atoms with van der Waals surface area (Å²) in [6.45, 7) is 0. The third kappa shape index (κ3) is 3.51. The van der Waals surface area contributed by atoms with Crippen molar-refractivity contribution < 1.29 is 9.59 Å². The molecule has 24 heavy (non-hydrogen) atoms. The van der Waals surface area contributed by atoms with E-state index in [0.29, 0.717) is 16.3 Å². The summed E-state index contributed by atoms with van der Waals surface area (Å²) < 4.78 is 0. The van der Waals surface area contributed by atoms with Crippen molar-refractivity contribution in [1.82, 2.24) is 10.6 Å². The number of benzene rings is 2. The molecule has 1 saturated carbocycles. The highest BCUT2D eigenvalue weighted by atomic mass is 35.5. The number of hydrogen-bond acceptors (Lipinski definition) is 2. The molecule has 0 heterocycles. The predicted octanol–water partition coefficient (Wildman–Crippen LogP) is 3.51. The highest BCUT2D eigenvalue weighted by Crippen LogP contribution is 2.46. The molecule has 0 aliphatic heterocycles. The van der Waals surface area contributed by atoms with E-state index in [1.54, 1.807) is 31.3 Å². The Morgan fingerprint density at radius 1 is 1.08 bits per heavy atom. The number of halogens is 1. The van der Waals surface area contributed by atoms with E-state index in [0.717, 1.165) is 18.4 Å². The molecule has 0 radical (unpaired) electrons. The number of anilines is 1. The van der Waals surface area contributed by atoms with E-state index in [-0.39, 0.29) is 17.5 Å². The quantitative estimate of drug-likeness (QED) is 0.795. The minimum absolute atomic E-state index is 0.163. The van der Waals surface area contributed by atoms with E-state index < -0.39 is 0 Å². The molecule has 2 aromatic rings. The van der Waals surface area contributed by atoms with Crippen molar-refractivity contribution in [1.29, 1.82) is 0 Å². The molecule has 5 nitrogen and oxygen atoms in total. The van der Waals surface area contributed by atoms with Gasteiger partial charge in [-0.25, -0.2) is 4.79 Å². The van der Waals surface area contributed by atoms with Crippen LogP contribution in [-0.4, -0.2) is 19.0 Å². The van der Waals surface area contributed by atoms with Crippen LogP contribution in [0.15, 0.2) is 48.5 Å². The summed E-state index contributed by atoms with van der Waals surface area (Å²) >= 11 is 6.04. The van der Waals surface area contributed by atoms with Crippen LogP contribution in [0.3, 0.4) is 0 Å². The standard InChI is InChI=1S/C18H18ClN3O2/c1-20-16(23)12-5-7-15(8-6-12)21-17(24)22-18(9-10-18)13-3-2-4-14(19)11-13/h2-8,11H,9-10H2,1H3,(H,20,23)(H2,21,22,24). The Bertz CT molecular complexity index is 770. The van der Waals surface area contributed by atoms with Crippen LogP contribution in [0.25, 0.3) is 0 Å². The fourth-order valence-corrected chi connectivity index (χ4v) is 2.82.